The van der Waals surface area contributed by atoms with Crippen molar-refractivity contribution in [3.05, 3.63) is 27.7 Å². The van der Waals surface area contributed by atoms with Gasteiger partial charge in [0, 0.05) is 0 Å². The highest BCUT2D eigenvalue weighted by Crippen LogP contribution is 2.25. The zero-order chi connectivity index (χ0) is 11.6. The van der Waals surface area contributed by atoms with Gasteiger partial charge in [0.1, 0.15) is 5.69 Å². The van der Waals surface area contributed by atoms with Crippen molar-refractivity contribution in [2.45, 2.75) is 12.8 Å². The maximum absolute atomic E-state index is 13.0. The van der Waals surface area contributed by atoms with E-state index in [0.29, 0.717) is 0 Å². The van der Waals surface area contributed by atoms with Crippen LogP contribution in [-0.2, 0) is 11.2 Å². The van der Waals surface area contributed by atoms with Gasteiger partial charge in [-0.3, -0.25) is 4.79 Å². The van der Waals surface area contributed by atoms with E-state index in [1.54, 1.807) is 0 Å². The summed E-state index contributed by atoms with van der Waals surface area (Å²) in [7, 11) is 0. The van der Waals surface area contributed by atoms with Crippen LogP contribution in [0.5, 0.6) is 0 Å². The molecule has 15 heavy (non-hydrogen) atoms. The van der Waals surface area contributed by atoms with E-state index in [4.69, 9.17) is 5.11 Å². The molecule has 0 aliphatic rings. The van der Waals surface area contributed by atoms with Crippen LogP contribution in [0.4, 0.5) is 13.2 Å². The summed E-state index contributed by atoms with van der Waals surface area (Å²) < 4.78 is 37.2. The van der Waals surface area contributed by atoms with Crippen LogP contribution in [0.25, 0.3) is 0 Å². The molecule has 0 aliphatic carbocycles. The molecule has 3 nitrogen and oxygen atoms in total. The number of hydrogen-bond donors (Lipinski definition) is 1. The first-order valence-corrected chi connectivity index (χ1v) is 4.56. The van der Waals surface area contributed by atoms with Gasteiger partial charge in [0.05, 0.1) is 10.9 Å². The Morgan fingerprint density at radius 1 is 1.60 bits per heavy atom. The molecule has 1 rings (SSSR count). The first kappa shape index (κ1) is 12.0. The summed E-state index contributed by atoms with van der Waals surface area (Å²) in [5.74, 6) is -2.37. The van der Waals surface area contributed by atoms with E-state index in [9.17, 15) is 18.0 Å². The Bertz CT molecular complexity index is 398. The lowest BCUT2D eigenvalue weighted by Crippen LogP contribution is -2.05. The van der Waals surface area contributed by atoms with E-state index in [-0.39, 0.29) is 10.0 Å². The van der Waals surface area contributed by atoms with E-state index in [1.807, 2.05) is 0 Å². The van der Waals surface area contributed by atoms with E-state index in [2.05, 4.69) is 20.9 Å². The summed E-state index contributed by atoms with van der Waals surface area (Å²) in [6.45, 7) is 0. The third kappa shape index (κ3) is 2.92. The van der Waals surface area contributed by atoms with Crippen LogP contribution < -0.4 is 0 Å². The molecule has 0 saturated heterocycles. The van der Waals surface area contributed by atoms with Crippen LogP contribution in [0.1, 0.15) is 17.7 Å². The minimum atomic E-state index is -2.93. The topological polar surface area (TPSA) is 50.2 Å². The molecule has 0 amide bonds. The summed E-state index contributed by atoms with van der Waals surface area (Å²) in [5.41, 5.74) is -0.836. The summed E-state index contributed by atoms with van der Waals surface area (Å²) in [4.78, 5) is 13.3. The zero-order valence-corrected chi connectivity index (χ0v) is 8.76. The van der Waals surface area contributed by atoms with Gasteiger partial charge < -0.3 is 5.11 Å². The molecule has 0 bridgehead atoms. The molecular formula is C8H5BrF3NO2. The number of hydrogen-bond acceptors (Lipinski definition) is 2. The number of pyridine rings is 1. The molecule has 1 aromatic heterocycles. The molecule has 0 atom stereocenters. The highest BCUT2D eigenvalue weighted by molar-refractivity contribution is 9.10. The monoisotopic (exact) mass is 283 g/mol. The van der Waals surface area contributed by atoms with E-state index in [1.165, 1.54) is 0 Å². The molecule has 82 valence electrons. The second-order valence-corrected chi connectivity index (χ2v) is 3.48. The largest absolute Gasteiger partial charge is 0.481 e. The Kier molecular flexibility index (Phi) is 3.67. The maximum Gasteiger partial charge on any atom is 0.307 e. The van der Waals surface area contributed by atoms with Gasteiger partial charge in [0.2, 0.25) is 5.95 Å². The standard InChI is InChI=1S/C8H5BrF3NO2/c9-6-3(2-5(14)15)1-4(7(10)11)13-8(6)12/h1,7H,2H2,(H,14,15). The minimum Gasteiger partial charge on any atom is -0.481 e. The van der Waals surface area contributed by atoms with Crippen molar-refractivity contribution < 1.29 is 23.1 Å². The first-order valence-electron chi connectivity index (χ1n) is 3.76. The number of halogens is 4. The minimum absolute atomic E-state index is 0.0645. The maximum atomic E-state index is 13.0. The molecule has 1 N–H and O–H groups in total. The molecule has 0 unspecified atom stereocenters. The van der Waals surface area contributed by atoms with Gasteiger partial charge in [0.25, 0.3) is 6.43 Å². The number of nitrogens with zero attached hydrogens (tertiary/aromatic N) is 1. The van der Waals surface area contributed by atoms with Crippen LogP contribution >= 0.6 is 15.9 Å². The predicted octanol–water partition coefficient (Wildman–Crippen LogP) is 2.55. The highest BCUT2D eigenvalue weighted by atomic mass is 79.9. The number of carbonyl (C=O) groups is 1. The number of carboxylic acid groups (broad SMARTS) is 1. The van der Waals surface area contributed by atoms with E-state index >= 15 is 0 Å². The Morgan fingerprint density at radius 2 is 2.20 bits per heavy atom. The Labute approximate surface area is 91.1 Å². The Hall–Kier alpha value is -1.11. The van der Waals surface area contributed by atoms with Crippen LogP contribution in [0.15, 0.2) is 10.5 Å². The van der Waals surface area contributed by atoms with E-state index < -0.39 is 30.5 Å². The fraction of sp³-hybridized carbons (Fsp3) is 0.250. The average molecular weight is 284 g/mol. The lowest BCUT2D eigenvalue weighted by molar-refractivity contribution is -0.136. The predicted molar refractivity (Wildman–Crippen MR) is 48.2 cm³/mol. The number of carboxylic acids is 1. The van der Waals surface area contributed by atoms with Crippen LogP contribution in [0.3, 0.4) is 0 Å². The average Bonchev–Trinajstić information content (AvgIpc) is 2.11. The van der Waals surface area contributed by atoms with Gasteiger partial charge in [-0.1, -0.05) is 0 Å². The van der Waals surface area contributed by atoms with Crippen molar-refractivity contribution in [3.8, 4) is 0 Å². The van der Waals surface area contributed by atoms with Crippen molar-refractivity contribution in [3.63, 3.8) is 0 Å². The fourth-order valence-corrected chi connectivity index (χ4v) is 1.32. The molecular weight excluding hydrogens is 279 g/mol. The number of aromatic nitrogens is 1. The molecule has 7 heteroatoms. The van der Waals surface area contributed by atoms with Crippen molar-refractivity contribution in [2.75, 3.05) is 0 Å². The van der Waals surface area contributed by atoms with Gasteiger partial charge in [0.15, 0.2) is 0 Å². The normalized spacial score (nSPS) is 10.7. The number of alkyl halides is 2. The third-order valence-corrected chi connectivity index (χ3v) is 2.41. The van der Waals surface area contributed by atoms with Gasteiger partial charge in [-0.25, -0.2) is 13.8 Å². The third-order valence-electron chi connectivity index (χ3n) is 1.58. The molecule has 1 aromatic rings. The fourth-order valence-electron chi connectivity index (χ4n) is 0.972. The molecule has 0 aliphatic heterocycles. The quantitative estimate of drug-likeness (QED) is 0.868. The zero-order valence-electron chi connectivity index (χ0n) is 7.18. The molecule has 0 radical (unpaired) electrons. The van der Waals surface area contributed by atoms with Crippen molar-refractivity contribution in [1.29, 1.82) is 0 Å². The SMILES string of the molecule is O=C(O)Cc1cc(C(F)F)nc(F)c1Br. The van der Waals surface area contributed by atoms with Gasteiger partial charge in [-0.2, -0.15) is 4.39 Å². The molecule has 0 aromatic carbocycles. The smallest absolute Gasteiger partial charge is 0.307 e. The lowest BCUT2D eigenvalue weighted by Gasteiger charge is -2.05. The molecule has 0 spiro atoms. The van der Waals surface area contributed by atoms with Gasteiger partial charge in [-0.05, 0) is 27.6 Å². The van der Waals surface area contributed by atoms with E-state index in [0.717, 1.165) is 6.07 Å². The highest BCUT2D eigenvalue weighted by Gasteiger charge is 2.17. The van der Waals surface area contributed by atoms with Crippen molar-refractivity contribution in [2.24, 2.45) is 0 Å². The second-order valence-electron chi connectivity index (χ2n) is 2.68. The summed E-state index contributed by atoms with van der Waals surface area (Å²) in [6, 6.07) is 0.867. The Morgan fingerprint density at radius 3 is 2.67 bits per heavy atom. The summed E-state index contributed by atoms with van der Waals surface area (Å²) in [6.07, 6.45) is -3.47. The van der Waals surface area contributed by atoms with Crippen LogP contribution in [0, 0.1) is 5.95 Å². The molecule has 1 heterocycles. The van der Waals surface area contributed by atoms with Gasteiger partial charge in [-0.15, -0.1) is 0 Å². The number of rotatable bonds is 3. The second kappa shape index (κ2) is 4.61. The number of aliphatic carboxylic acids is 1. The van der Waals surface area contributed by atoms with Gasteiger partial charge >= 0.3 is 5.97 Å². The van der Waals surface area contributed by atoms with Crippen LogP contribution in [0.2, 0.25) is 0 Å². The van der Waals surface area contributed by atoms with Crippen molar-refractivity contribution in [1.82, 2.24) is 4.98 Å². The summed E-state index contributed by atoms with van der Waals surface area (Å²) in [5, 5.41) is 8.46. The Balaban J connectivity index is 3.18. The summed E-state index contributed by atoms with van der Waals surface area (Å²) >= 11 is 2.75. The molecule has 0 fully saturated rings. The first-order chi connectivity index (χ1) is 6.91. The van der Waals surface area contributed by atoms with Crippen molar-refractivity contribution >= 4 is 21.9 Å². The lowest BCUT2D eigenvalue weighted by atomic mass is 10.1. The van der Waals surface area contributed by atoms with Crippen LogP contribution in [-0.4, -0.2) is 16.1 Å². The molecule has 0 saturated carbocycles.